The number of nitrogens with two attached hydrogens (primary N) is 1. The van der Waals surface area contributed by atoms with Gasteiger partial charge < -0.3 is 10.6 Å². The maximum Gasteiger partial charge on any atom is 0.126 e. The topological polar surface area (TPSA) is 29.3 Å². The molecule has 0 saturated carbocycles. The molecule has 0 aromatic heterocycles. The minimum atomic E-state index is -0.129. The van der Waals surface area contributed by atoms with Gasteiger partial charge in [0.25, 0.3) is 0 Å². The first-order valence-electron chi connectivity index (χ1n) is 6.76. The van der Waals surface area contributed by atoms with E-state index in [9.17, 15) is 4.39 Å². The maximum absolute atomic E-state index is 13.6. The summed E-state index contributed by atoms with van der Waals surface area (Å²) in [5.74, 6) is 0.947. The SMILES string of the molecule is CC(C)C(CN)CN(C)CCc1cc(Br)ccc1F. The fourth-order valence-electron chi connectivity index (χ4n) is 2.10. The predicted octanol–water partition coefficient (Wildman–Crippen LogP) is 3.29. The summed E-state index contributed by atoms with van der Waals surface area (Å²) < 4.78 is 14.5. The zero-order valence-corrected chi connectivity index (χ0v) is 13.6. The minimum absolute atomic E-state index is 0.129. The average molecular weight is 331 g/mol. The van der Waals surface area contributed by atoms with Crippen molar-refractivity contribution in [1.29, 1.82) is 0 Å². The van der Waals surface area contributed by atoms with Crippen LogP contribution >= 0.6 is 15.9 Å². The van der Waals surface area contributed by atoms with Gasteiger partial charge in [0.15, 0.2) is 0 Å². The lowest BCUT2D eigenvalue weighted by Gasteiger charge is -2.25. The highest BCUT2D eigenvalue weighted by molar-refractivity contribution is 9.10. The molecule has 19 heavy (non-hydrogen) atoms. The van der Waals surface area contributed by atoms with Gasteiger partial charge in [-0.1, -0.05) is 29.8 Å². The molecule has 0 radical (unpaired) electrons. The van der Waals surface area contributed by atoms with Gasteiger partial charge >= 0.3 is 0 Å². The molecule has 0 saturated heterocycles. The van der Waals surface area contributed by atoms with Crippen LogP contribution in [0, 0.1) is 17.7 Å². The Labute approximate surface area is 124 Å². The highest BCUT2D eigenvalue weighted by Gasteiger charge is 2.14. The van der Waals surface area contributed by atoms with Crippen molar-refractivity contribution in [3.63, 3.8) is 0 Å². The number of nitrogens with zero attached hydrogens (tertiary/aromatic N) is 1. The zero-order valence-electron chi connectivity index (χ0n) is 12.0. The third-order valence-electron chi connectivity index (χ3n) is 3.56. The molecule has 1 aromatic carbocycles. The van der Waals surface area contributed by atoms with Gasteiger partial charge in [0, 0.05) is 17.6 Å². The second kappa shape index (κ2) is 7.98. The fourth-order valence-corrected chi connectivity index (χ4v) is 2.50. The summed E-state index contributed by atoms with van der Waals surface area (Å²) in [4.78, 5) is 2.23. The lowest BCUT2D eigenvalue weighted by molar-refractivity contribution is 0.242. The third-order valence-corrected chi connectivity index (χ3v) is 4.06. The summed E-state index contributed by atoms with van der Waals surface area (Å²) in [6, 6.07) is 5.09. The number of rotatable bonds is 7. The molecular weight excluding hydrogens is 307 g/mol. The fraction of sp³-hybridized carbons (Fsp3) is 0.600. The number of hydrogen-bond donors (Lipinski definition) is 1. The Hall–Kier alpha value is -0.450. The first kappa shape index (κ1) is 16.6. The van der Waals surface area contributed by atoms with E-state index in [-0.39, 0.29) is 5.82 Å². The molecule has 0 bridgehead atoms. The molecule has 0 spiro atoms. The van der Waals surface area contributed by atoms with Crippen LogP contribution in [0.4, 0.5) is 4.39 Å². The molecule has 0 aliphatic heterocycles. The lowest BCUT2D eigenvalue weighted by Crippen LogP contribution is -2.34. The Morgan fingerprint density at radius 2 is 2.05 bits per heavy atom. The molecule has 0 amide bonds. The van der Waals surface area contributed by atoms with Crippen molar-refractivity contribution in [2.75, 3.05) is 26.7 Å². The molecule has 0 aliphatic rings. The number of hydrogen-bond acceptors (Lipinski definition) is 2. The van der Waals surface area contributed by atoms with E-state index in [2.05, 4.69) is 41.7 Å². The van der Waals surface area contributed by atoms with Gasteiger partial charge in [-0.05, 0) is 55.6 Å². The molecule has 1 atom stereocenters. The van der Waals surface area contributed by atoms with Crippen LogP contribution in [-0.2, 0) is 6.42 Å². The predicted molar refractivity (Wildman–Crippen MR) is 82.7 cm³/mol. The van der Waals surface area contributed by atoms with Gasteiger partial charge in [0.05, 0.1) is 0 Å². The summed E-state index contributed by atoms with van der Waals surface area (Å²) in [6.45, 7) is 6.90. The van der Waals surface area contributed by atoms with Crippen LogP contribution in [0.2, 0.25) is 0 Å². The molecule has 1 rings (SSSR count). The van der Waals surface area contributed by atoms with Crippen LogP contribution in [0.5, 0.6) is 0 Å². The standard InChI is InChI=1S/C15H24BrFN2/c1-11(2)13(9-18)10-19(3)7-6-12-8-14(16)4-5-15(12)17/h4-5,8,11,13H,6-7,9-10,18H2,1-3H3. The highest BCUT2D eigenvalue weighted by Crippen LogP contribution is 2.17. The zero-order chi connectivity index (χ0) is 14.4. The highest BCUT2D eigenvalue weighted by atomic mass is 79.9. The average Bonchev–Trinajstić information content (AvgIpc) is 2.36. The van der Waals surface area contributed by atoms with E-state index >= 15 is 0 Å². The first-order chi connectivity index (χ1) is 8.93. The number of likely N-dealkylation sites (N-methyl/N-ethyl adjacent to an activating group) is 1. The van der Waals surface area contributed by atoms with E-state index in [4.69, 9.17) is 5.73 Å². The van der Waals surface area contributed by atoms with Crippen LogP contribution < -0.4 is 5.73 Å². The molecule has 0 fully saturated rings. The van der Waals surface area contributed by atoms with Crippen molar-refractivity contribution >= 4 is 15.9 Å². The quantitative estimate of drug-likeness (QED) is 0.831. The Balaban J connectivity index is 2.49. The molecule has 2 nitrogen and oxygen atoms in total. The lowest BCUT2D eigenvalue weighted by atomic mass is 9.95. The second-order valence-electron chi connectivity index (χ2n) is 5.49. The van der Waals surface area contributed by atoms with Crippen molar-refractivity contribution in [3.8, 4) is 0 Å². The summed E-state index contributed by atoms with van der Waals surface area (Å²) in [7, 11) is 2.07. The molecule has 108 valence electrons. The molecule has 4 heteroatoms. The van der Waals surface area contributed by atoms with Gasteiger partial charge in [-0.2, -0.15) is 0 Å². The number of halogens is 2. The molecule has 1 aromatic rings. The van der Waals surface area contributed by atoms with Crippen LogP contribution in [0.25, 0.3) is 0 Å². The Morgan fingerprint density at radius 3 is 2.63 bits per heavy atom. The van der Waals surface area contributed by atoms with Crippen molar-refractivity contribution in [3.05, 3.63) is 34.1 Å². The van der Waals surface area contributed by atoms with E-state index in [0.717, 1.165) is 29.5 Å². The molecule has 0 aliphatic carbocycles. The van der Waals surface area contributed by atoms with Crippen molar-refractivity contribution < 1.29 is 4.39 Å². The Morgan fingerprint density at radius 1 is 1.37 bits per heavy atom. The summed E-state index contributed by atoms with van der Waals surface area (Å²) in [5, 5.41) is 0. The van der Waals surface area contributed by atoms with Crippen LogP contribution in [0.15, 0.2) is 22.7 Å². The van der Waals surface area contributed by atoms with Gasteiger partial charge in [0.2, 0.25) is 0 Å². The maximum atomic E-state index is 13.6. The summed E-state index contributed by atoms with van der Waals surface area (Å²) in [6.07, 6.45) is 0.719. The minimum Gasteiger partial charge on any atom is -0.330 e. The van der Waals surface area contributed by atoms with Crippen molar-refractivity contribution in [2.24, 2.45) is 17.6 Å². The first-order valence-corrected chi connectivity index (χ1v) is 7.55. The normalized spacial score (nSPS) is 13.3. The van der Waals surface area contributed by atoms with Crippen LogP contribution in [0.3, 0.4) is 0 Å². The van der Waals surface area contributed by atoms with Crippen molar-refractivity contribution in [1.82, 2.24) is 4.90 Å². The summed E-state index contributed by atoms with van der Waals surface area (Å²) >= 11 is 3.38. The Bertz CT molecular complexity index is 396. The van der Waals surface area contributed by atoms with E-state index in [1.165, 1.54) is 6.07 Å². The van der Waals surface area contributed by atoms with Crippen LogP contribution in [-0.4, -0.2) is 31.6 Å². The third kappa shape index (κ3) is 5.59. The Kier molecular flexibility index (Phi) is 6.97. The van der Waals surface area contributed by atoms with E-state index < -0.39 is 0 Å². The van der Waals surface area contributed by atoms with E-state index in [0.29, 0.717) is 18.4 Å². The van der Waals surface area contributed by atoms with Gasteiger partial charge in [-0.25, -0.2) is 4.39 Å². The van der Waals surface area contributed by atoms with Crippen LogP contribution in [0.1, 0.15) is 19.4 Å². The molecule has 1 unspecified atom stereocenters. The molecular formula is C15H24BrFN2. The second-order valence-corrected chi connectivity index (χ2v) is 6.40. The van der Waals surface area contributed by atoms with Gasteiger partial charge in [0.1, 0.15) is 5.82 Å². The van der Waals surface area contributed by atoms with E-state index in [1.54, 1.807) is 6.07 Å². The molecule has 0 heterocycles. The largest absolute Gasteiger partial charge is 0.330 e. The van der Waals surface area contributed by atoms with E-state index in [1.807, 2.05) is 6.07 Å². The smallest absolute Gasteiger partial charge is 0.126 e. The summed E-state index contributed by atoms with van der Waals surface area (Å²) in [5.41, 5.74) is 6.54. The molecule has 2 N–H and O–H groups in total. The van der Waals surface area contributed by atoms with Gasteiger partial charge in [-0.15, -0.1) is 0 Å². The monoisotopic (exact) mass is 330 g/mol. The number of benzene rings is 1. The van der Waals surface area contributed by atoms with Gasteiger partial charge in [-0.3, -0.25) is 0 Å². The van der Waals surface area contributed by atoms with Crippen molar-refractivity contribution in [2.45, 2.75) is 20.3 Å².